The molecule has 0 radical (unpaired) electrons. The number of halogens is 1. The van der Waals surface area contributed by atoms with Gasteiger partial charge in [-0.1, -0.05) is 17.7 Å². The summed E-state index contributed by atoms with van der Waals surface area (Å²) in [5.74, 6) is 0.810. The lowest BCUT2D eigenvalue weighted by Gasteiger charge is -2.09. The average molecular weight is 450 g/mol. The van der Waals surface area contributed by atoms with Crippen molar-refractivity contribution in [3.8, 4) is 22.8 Å². The topological polar surface area (TPSA) is 65.5 Å². The largest absolute Gasteiger partial charge is 0.457 e. The fourth-order valence-corrected chi connectivity index (χ4v) is 3.87. The van der Waals surface area contributed by atoms with Gasteiger partial charge in [-0.2, -0.15) is 8.42 Å². The summed E-state index contributed by atoms with van der Waals surface area (Å²) in [7, 11) is -3.85. The molecule has 4 rings (SSSR count). The van der Waals surface area contributed by atoms with Crippen molar-refractivity contribution in [3.63, 3.8) is 0 Å². The first-order valence-electron chi connectivity index (χ1n) is 9.84. The van der Waals surface area contributed by atoms with E-state index in [9.17, 15) is 12.8 Å². The standard InChI is InChI=1S/C25H20FNO4S/c1-18-2-12-24(13-3-18)32(28,29)30-17-19-14-15-27-25(16-19)20-4-8-22(9-5-20)31-23-10-6-21(26)7-11-23/h2-16H,17H2,1H3. The third kappa shape index (κ3) is 5.38. The van der Waals surface area contributed by atoms with Gasteiger partial charge in [0.05, 0.1) is 17.2 Å². The van der Waals surface area contributed by atoms with Gasteiger partial charge in [0.25, 0.3) is 10.1 Å². The second kappa shape index (κ2) is 9.30. The van der Waals surface area contributed by atoms with Crippen LogP contribution in [-0.2, 0) is 20.9 Å². The number of rotatable bonds is 7. The maximum Gasteiger partial charge on any atom is 0.297 e. The van der Waals surface area contributed by atoms with E-state index in [4.69, 9.17) is 8.92 Å². The van der Waals surface area contributed by atoms with Crippen molar-refractivity contribution in [3.05, 3.63) is 108 Å². The van der Waals surface area contributed by atoms with Crippen molar-refractivity contribution < 1.29 is 21.7 Å². The Morgan fingerprint density at radius 1 is 0.844 bits per heavy atom. The predicted molar refractivity (Wildman–Crippen MR) is 119 cm³/mol. The van der Waals surface area contributed by atoms with E-state index in [-0.39, 0.29) is 17.3 Å². The van der Waals surface area contributed by atoms with E-state index in [2.05, 4.69) is 4.98 Å². The Morgan fingerprint density at radius 3 is 2.12 bits per heavy atom. The normalized spacial score (nSPS) is 11.3. The van der Waals surface area contributed by atoms with Crippen LogP contribution in [0.5, 0.6) is 11.5 Å². The van der Waals surface area contributed by atoms with Crippen molar-refractivity contribution in [1.29, 1.82) is 0 Å². The van der Waals surface area contributed by atoms with Crippen LogP contribution >= 0.6 is 0 Å². The summed E-state index contributed by atoms with van der Waals surface area (Å²) >= 11 is 0. The lowest BCUT2D eigenvalue weighted by atomic mass is 10.1. The number of hydrogen-bond donors (Lipinski definition) is 0. The van der Waals surface area contributed by atoms with Gasteiger partial charge >= 0.3 is 0 Å². The van der Waals surface area contributed by atoms with Crippen LogP contribution in [0.25, 0.3) is 11.3 Å². The molecule has 1 aromatic heterocycles. The SMILES string of the molecule is Cc1ccc(S(=O)(=O)OCc2ccnc(-c3ccc(Oc4ccc(F)cc4)cc3)c2)cc1. The Labute approximate surface area is 186 Å². The number of aryl methyl sites for hydroxylation is 1. The van der Waals surface area contributed by atoms with E-state index in [1.165, 1.54) is 24.3 Å². The number of pyridine rings is 1. The lowest BCUT2D eigenvalue weighted by Crippen LogP contribution is -2.06. The molecule has 0 N–H and O–H groups in total. The number of nitrogens with zero attached hydrogens (tertiary/aromatic N) is 1. The quantitative estimate of drug-likeness (QED) is 0.329. The number of ether oxygens (including phenoxy) is 1. The van der Waals surface area contributed by atoms with E-state index in [0.717, 1.165) is 11.1 Å². The summed E-state index contributed by atoms with van der Waals surface area (Å²) in [5, 5.41) is 0. The minimum Gasteiger partial charge on any atom is -0.457 e. The summed E-state index contributed by atoms with van der Waals surface area (Å²) in [6.45, 7) is 1.79. The first-order chi connectivity index (χ1) is 15.4. The van der Waals surface area contributed by atoms with Gasteiger partial charge < -0.3 is 4.74 Å². The second-order valence-electron chi connectivity index (χ2n) is 7.16. The number of hydrogen-bond acceptors (Lipinski definition) is 5. The van der Waals surface area contributed by atoms with Crippen molar-refractivity contribution in [2.24, 2.45) is 0 Å². The van der Waals surface area contributed by atoms with Gasteiger partial charge in [-0.05, 0) is 85.3 Å². The molecule has 0 aliphatic carbocycles. The van der Waals surface area contributed by atoms with Crippen molar-refractivity contribution >= 4 is 10.1 Å². The fraction of sp³-hybridized carbons (Fsp3) is 0.0800. The highest BCUT2D eigenvalue weighted by atomic mass is 32.2. The third-order valence-electron chi connectivity index (χ3n) is 4.71. The molecule has 0 aliphatic heterocycles. The summed E-state index contributed by atoms with van der Waals surface area (Å²) in [6, 6.07) is 23.0. The van der Waals surface area contributed by atoms with Crippen LogP contribution in [-0.4, -0.2) is 13.4 Å². The molecule has 0 bridgehead atoms. The molecule has 3 aromatic carbocycles. The fourth-order valence-electron chi connectivity index (χ4n) is 2.97. The molecule has 32 heavy (non-hydrogen) atoms. The molecule has 0 amide bonds. The molecule has 0 unspecified atom stereocenters. The van der Waals surface area contributed by atoms with Crippen LogP contribution in [0.15, 0.2) is 96.0 Å². The smallest absolute Gasteiger partial charge is 0.297 e. The summed E-state index contributed by atoms with van der Waals surface area (Å²) in [4.78, 5) is 4.48. The zero-order valence-corrected chi connectivity index (χ0v) is 18.1. The van der Waals surface area contributed by atoms with E-state index in [1.54, 1.807) is 54.7 Å². The van der Waals surface area contributed by atoms with Gasteiger partial charge in [-0.25, -0.2) is 4.39 Å². The third-order valence-corrected chi connectivity index (χ3v) is 5.99. The Hall–Kier alpha value is -3.55. The van der Waals surface area contributed by atoms with Crippen LogP contribution in [0.2, 0.25) is 0 Å². The number of benzene rings is 3. The molecular formula is C25H20FNO4S. The molecular weight excluding hydrogens is 429 g/mol. The summed E-state index contributed by atoms with van der Waals surface area (Å²) in [5.41, 5.74) is 3.15. The van der Waals surface area contributed by atoms with E-state index < -0.39 is 10.1 Å². The molecule has 0 atom stereocenters. The van der Waals surface area contributed by atoms with Gasteiger partial charge in [0, 0.05) is 11.8 Å². The summed E-state index contributed by atoms with van der Waals surface area (Å²) in [6.07, 6.45) is 1.61. The van der Waals surface area contributed by atoms with Gasteiger partial charge in [0.1, 0.15) is 17.3 Å². The molecule has 5 nitrogen and oxygen atoms in total. The Morgan fingerprint density at radius 2 is 1.47 bits per heavy atom. The highest BCUT2D eigenvalue weighted by Crippen LogP contribution is 2.26. The first-order valence-corrected chi connectivity index (χ1v) is 11.2. The zero-order chi connectivity index (χ0) is 22.6. The molecule has 0 aliphatic rings. The second-order valence-corrected chi connectivity index (χ2v) is 8.77. The molecule has 0 saturated heterocycles. The molecule has 0 spiro atoms. The Bertz CT molecular complexity index is 1300. The highest BCUT2D eigenvalue weighted by molar-refractivity contribution is 7.86. The van der Waals surface area contributed by atoms with E-state index in [1.807, 2.05) is 19.1 Å². The zero-order valence-electron chi connectivity index (χ0n) is 17.2. The molecule has 162 valence electrons. The first kappa shape index (κ1) is 21.7. The predicted octanol–water partition coefficient (Wildman–Crippen LogP) is 5.89. The number of aromatic nitrogens is 1. The monoisotopic (exact) mass is 449 g/mol. The Kier molecular flexibility index (Phi) is 6.30. The van der Waals surface area contributed by atoms with Crippen LogP contribution in [0.4, 0.5) is 4.39 Å². The highest BCUT2D eigenvalue weighted by Gasteiger charge is 2.15. The van der Waals surface area contributed by atoms with Crippen LogP contribution < -0.4 is 4.74 Å². The van der Waals surface area contributed by atoms with Crippen molar-refractivity contribution in [2.45, 2.75) is 18.4 Å². The van der Waals surface area contributed by atoms with Gasteiger partial charge in [-0.15, -0.1) is 0 Å². The molecule has 4 aromatic rings. The van der Waals surface area contributed by atoms with E-state index in [0.29, 0.717) is 22.8 Å². The minimum atomic E-state index is -3.85. The van der Waals surface area contributed by atoms with Gasteiger partial charge in [0.2, 0.25) is 0 Å². The van der Waals surface area contributed by atoms with Crippen LogP contribution in [0, 0.1) is 12.7 Å². The van der Waals surface area contributed by atoms with Crippen LogP contribution in [0.3, 0.4) is 0 Å². The summed E-state index contributed by atoms with van der Waals surface area (Å²) < 4.78 is 48.7. The minimum absolute atomic E-state index is 0.0997. The lowest BCUT2D eigenvalue weighted by molar-refractivity contribution is 0.308. The maximum atomic E-state index is 13.0. The van der Waals surface area contributed by atoms with Gasteiger partial charge in [0.15, 0.2) is 0 Å². The molecule has 0 saturated carbocycles. The Balaban J connectivity index is 1.44. The maximum absolute atomic E-state index is 13.0. The average Bonchev–Trinajstić information content (AvgIpc) is 2.80. The van der Waals surface area contributed by atoms with Crippen molar-refractivity contribution in [1.82, 2.24) is 4.98 Å². The van der Waals surface area contributed by atoms with E-state index >= 15 is 0 Å². The molecule has 7 heteroatoms. The van der Waals surface area contributed by atoms with Gasteiger partial charge in [-0.3, -0.25) is 9.17 Å². The van der Waals surface area contributed by atoms with Crippen molar-refractivity contribution in [2.75, 3.05) is 0 Å². The molecule has 1 heterocycles. The van der Waals surface area contributed by atoms with Crippen LogP contribution in [0.1, 0.15) is 11.1 Å². The molecule has 0 fully saturated rings.